The van der Waals surface area contributed by atoms with E-state index in [1.165, 1.54) is 31.2 Å². The lowest BCUT2D eigenvalue weighted by molar-refractivity contribution is -0.189. The Morgan fingerprint density at radius 3 is 2.46 bits per heavy atom. The fraction of sp³-hybridized carbons (Fsp3) is 0.312. The molecule has 1 unspecified atom stereocenters. The van der Waals surface area contributed by atoms with Crippen molar-refractivity contribution in [2.24, 2.45) is 0 Å². The second-order valence-electron chi connectivity index (χ2n) is 5.36. The van der Waals surface area contributed by atoms with E-state index >= 15 is 0 Å². The van der Waals surface area contributed by atoms with Gasteiger partial charge in [-0.1, -0.05) is 23.7 Å². The molecule has 1 aliphatic rings. The fourth-order valence-corrected chi connectivity index (χ4v) is 2.80. The zero-order valence-electron chi connectivity index (χ0n) is 13.7. The van der Waals surface area contributed by atoms with Crippen LogP contribution in [0.4, 0.5) is 13.2 Å². The highest BCUT2D eigenvalue weighted by atomic mass is 35.5. The van der Waals surface area contributed by atoms with E-state index in [4.69, 9.17) is 11.6 Å². The number of rotatable bonds is 4. The lowest BCUT2D eigenvalue weighted by Crippen LogP contribution is -2.66. The number of benzene rings is 1. The third kappa shape index (κ3) is 3.14. The van der Waals surface area contributed by atoms with Gasteiger partial charge in [0.2, 0.25) is 5.54 Å². The molecule has 2 N–H and O–H groups in total. The van der Waals surface area contributed by atoms with Crippen molar-refractivity contribution >= 4 is 29.4 Å². The molecule has 0 bridgehead atoms. The minimum absolute atomic E-state index is 0.112. The minimum atomic E-state index is -5.31. The molecule has 2 rings (SSSR count). The van der Waals surface area contributed by atoms with Gasteiger partial charge in [-0.25, -0.2) is 4.79 Å². The van der Waals surface area contributed by atoms with Crippen molar-refractivity contribution < 1.29 is 32.3 Å². The molecule has 1 heterocycles. The SMILES string of the molecule is CCOC(=O)C1=C(C)NC(=O)C1(NC(=O)c1ccccc1Cl)C(F)(F)F. The molecule has 0 aliphatic carbocycles. The van der Waals surface area contributed by atoms with Crippen LogP contribution in [0.3, 0.4) is 0 Å². The Morgan fingerprint density at radius 1 is 1.31 bits per heavy atom. The highest BCUT2D eigenvalue weighted by molar-refractivity contribution is 6.34. The Balaban J connectivity index is 2.58. The monoisotopic (exact) mass is 390 g/mol. The van der Waals surface area contributed by atoms with Crippen LogP contribution in [0, 0.1) is 0 Å². The van der Waals surface area contributed by atoms with Crippen LogP contribution in [0.1, 0.15) is 24.2 Å². The Labute approximate surface area is 151 Å². The molecule has 10 heteroatoms. The van der Waals surface area contributed by atoms with E-state index in [0.717, 1.165) is 6.92 Å². The molecule has 0 fully saturated rings. The molecule has 26 heavy (non-hydrogen) atoms. The van der Waals surface area contributed by atoms with Crippen molar-refractivity contribution in [3.63, 3.8) is 0 Å². The maximum absolute atomic E-state index is 13.9. The quantitative estimate of drug-likeness (QED) is 0.773. The number of nitrogens with one attached hydrogen (secondary N) is 2. The van der Waals surface area contributed by atoms with E-state index in [1.807, 2.05) is 5.32 Å². The second-order valence-corrected chi connectivity index (χ2v) is 5.76. The first-order chi connectivity index (χ1) is 12.1. The molecule has 1 atom stereocenters. The van der Waals surface area contributed by atoms with Gasteiger partial charge >= 0.3 is 12.1 Å². The van der Waals surface area contributed by atoms with Crippen molar-refractivity contribution in [3.8, 4) is 0 Å². The van der Waals surface area contributed by atoms with Crippen LogP contribution in [0.2, 0.25) is 5.02 Å². The maximum Gasteiger partial charge on any atom is 0.425 e. The zero-order chi connectivity index (χ0) is 19.7. The van der Waals surface area contributed by atoms with Gasteiger partial charge in [-0.3, -0.25) is 9.59 Å². The molecule has 1 aromatic carbocycles. The van der Waals surface area contributed by atoms with Crippen LogP contribution in [0.5, 0.6) is 0 Å². The Kier molecular flexibility index (Phi) is 5.31. The normalized spacial score (nSPS) is 20.0. The summed E-state index contributed by atoms with van der Waals surface area (Å²) < 4.78 is 46.4. The summed E-state index contributed by atoms with van der Waals surface area (Å²) in [6.45, 7) is 2.30. The zero-order valence-corrected chi connectivity index (χ0v) is 14.4. The number of hydrogen-bond donors (Lipinski definition) is 2. The summed E-state index contributed by atoms with van der Waals surface area (Å²) in [6.07, 6.45) is -5.31. The molecule has 1 aromatic rings. The molecule has 1 aliphatic heterocycles. The van der Waals surface area contributed by atoms with Crippen molar-refractivity contribution in [2.45, 2.75) is 25.6 Å². The number of carbonyl (C=O) groups excluding carboxylic acids is 3. The first kappa shape index (κ1) is 19.8. The van der Waals surface area contributed by atoms with Crippen LogP contribution < -0.4 is 10.6 Å². The number of amides is 2. The number of allylic oxidation sites excluding steroid dienone is 1. The summed E-state index contributed by atoms with van der Waals surface area (Å²) in [5.74, 6) is -4.23. The van der Waals surface area contributed by atoms with Gasteiger partial charge in [0.1, 0.15) is 5.57 Å². The average molecular weight is 391 g/mol. The van der Waals surface area contributed by atoms with Gasteiger partial charge in [0.25, 0.3) is 11.8 Å². The minimum Gasteiger partial charge on any atom is -0.462 e. The molecule has 140 valence electrons. The van der Waals surface area contributed by atoms with Crippen LogP contribution in [-0.4, -0.2) is 36.1 Å². The van der Waals surface area contributed by atoms with Crippen LogP contribution in [0.15, 0.2) is 35.5 Å². The van der Waals surface area contributed by atoms with E-state index in [9.17, 15) is 27.6 Å². The summed E-state index contributed by atoms with van der Waals surface area (Å²) in [4.78, 5) is 36.7. The molecule has 0 radical (unpaired) electrons. The average Bonchev–Trinajstić information content (AvgIpc) is 2.78. The van der Waals surface area contributed by atoms with Crippen LogP contribution in [-0.2, 0) is 14.3 Å². The van der Waals surface area contributed by atoms with Gasteiger partial charge in [0, 0.05) is 5.70 Å². The van der Waals surface area contributed by atoms with Gasteiger partial charge in [-0.2, -0.15) is 13.2 Å². The van der Waals surface area contributed by atoms with Crippen molar-refractivity contribution in [2.75, 3.05) is 6.61 Å². The lowest BCUT2D eigenvalue weighted by atomic mass is 9.88. The van der Waals surface area contributed by atoms with Crippen molar-refractivity contribution in [3.05, 3.63) is 46.1 Å². The topological polar surface area (TPSA) is 84.5 Å². The van der Waals surface area contributed by atoms with E-state index in [1.54, 1.807) is 5.32 Å². The molecule has 2 amide bonds. The number of halogens is 4. The number of ether oxygens (including phenoxy) is 1. The molecule has 0 spiro atoms. The third-order valence-electron chi connectivity index (χ3n) is 3.72. The first-order valence-corrected chi connectivity index (χ1v) is 7.77. The molecule has 6 nitrogen and oxygen atoms in total. The highest BCUT2D eigenvalue weighted by Crippen LogP contribution is 2.41. The van der Waals surface area contributed by atoms with E-state index in [-0.39, 0.29) is 22.9 Å². The van der Waals surface area contributed by atoms with Crippen LogP contribution >= 0.6 is 11.6 Å². The van der Waals surface area contributed by atoms with E-state index in [2.05, 4.69) is 4.74 Å². The summed E-state index contributed by atoms with van der Waals surface area (Å²) in [7, 11) is 0. The Morgan fingerprint density at radius 2 is 1.92 bits per heavy atom. The maximum atomic E-state index is 13.9. The van der Waals surface area contributed by atoms with Crippen molar-refractivity contribution in [1.29, 1.82) is 0 Å². The molecular weight excluding hydrogens is 377 g/mol. The number of hydrogen-bond acceptors (Lipinski definition) is 4. The van der Waals surface area contributed by atoms with Crippen molar-refractivity contribution in [1.82, 2.24) is 10.6 Å². The predicted octanol–water partition coefficient (Wildman–Crippen LogP) is 2.34. The first-order valence-electron chi connectivity index (χ1n) is 7.40. The van der Waals surface area contributed by atoms with E-state index < -0.39 is 35.1 Å². The molecular formula is C16H14ClF3N2O4. The summed E-state index contributed by atoms with van der Waals surface area (Å²) in [6, 6.07) is 5.37. The fourth-order valence-electron chi connectivity index (χ4n) is 2.57. The van der Waals surface area contributed by atoms with Gasteiger partial charge in [0.05, 0.1) is 17.2 Å². The lowest BCUT2D eigenvalue weighted by Gasteiger charge is -2.31. The van der Waals surface area contributed by atoms with Gasteiger partial charge in [-0.15, -0.1) is 0 Å². The largest absolute Gasteiger partial charge is 0.462 e. The molecule has 0 saturated carbocycles. The number of esters is 1. The Bertz CT molecular complexity index is 807. The molecule has 0 aromatic heterocycles. The number of carbonyl (C=O) groups is 3. The highest BCUT2D eigenvalue weighted by Gasteiger charge is 2.69. The summed E-state index contributed by atoms with van der Waals surface area (Å²) in [5.41, 5.74) is -5.24. The van der Waals surface area contributed by atoms with E-state index in [0.29, 0.717) is 0 Å². The van der Waals surface area contributed by atoms with Gasteiger partial charge in [0.15, 0.2) is 0 Å². The van der Waals surface area contributed by atoms with Gasteiger partial charge in [-0.05, 0) is 26.0 Å². The second kappa shape index (κ2) is 6.99. The molecule has 0 saturated heterocycles. The smallest absolute Gasteiger partial charge is 0.425 e. The Hall–Kier alpha value is -2.55. The van der Waals surface area contributed by atoms with Crippen LogP contribution in [0.25, 0.3) is 0 Å². The number of alkyl halides is 3. The standard InChI is InChI=1S/C16H14ClF3N2O4/c1-3-26-13(24)11-8(2)21-14(25)15(11,16(18,19)20)22-12(23)9-6-4-5-7-10(9)17/h4-7H,3H2,1-2H3,(H,21,25)(H,22,23). The summed E-state index contributed by atoms with van der Waals surface area (Å²) >= 11 is 5.83. The summed E-state index contributed by atoms with van der Waals surface area (Å²) in [5, 5.41) is 3.48. The van der Waals surface area contributed by atoms with Gasteiger partial charge < -0.3 is 15.4 Å². The predicted molar refractivity (Wildman–Crippen MR) is 85.2 cm³/mol. The third-order valence-corrected chi connectivity index (χ3v) is 4.05.